The first-order valence-corrected chi connectivity index (χ1v) is 8.23. The Hall–Kier alpha value is -1.81. The molecule has 122 valence electrons. The van der Waals surface area contributed by atoms with Crippen LogP contribution in [0.5, 0.6) is 5.75 Å². The number of carbonyl (C=O) groups is 1. The molecule has 0 saturated heterocycles. The largest absolute Gasteiger partial charge is 0.497 e. The normalized spacial score (nSPS) is 11.2. The number of carbonyl (C=O) groups excluding carboxylic acids is 1. The quantitative estimate of drug-likeness (QED) is 0.710. The monoisotopic (exact) mass is 375 g/mol. The summed E-state index contributed by atoms with van der Waals surface area (Å²) in [6, 6.07) is 13.3. The van der Waals surface area contributed by atoms with E-state index in [0.717, 1.165) is 21.5 Å². The van der Waals surface area contributed by atoms with Crippen LogP contribution in [0.1, 0.15) is 29.8 Å². The lowest BCUT2D eigenvalue weighted by atomic mass is 9.77. The minimum absolute atomic E-state index is 0.0846. The van der Waals surface area contributed by atoms with Gasteiger partial charge in [-0.3, -0.25) is 4.79 Å². The number of ketones is 1. The Morgan fingerprint density at radius 3 is 2.22 bits per heavy atom. The van der Waals surface area contributed by atoms with Gasteiger partial charge in [0.2, 0.25) is 0 Å². The number of anilines is 1. The van der Waals surface area contributed by atoms with Gasteiger partial charge in [0, 0.05) is 29.8 Å². The molecule has 0 amide bonds. The fourth-order valence-electron chi connectivity index (χ4n) is 2.62. The molecular formula is C19H22BrNO2. The van der Waals surface area contributed by atoms with Gasteiger partial charge in [-0.05, 0) is 49.7 Å². The van der Waals surface area contributed by atoms with Crippen molar-refractivity contribution < 1.29 is 9.53 Å². The predicted octanol–water partition coefficient (Wildman–Crippen LogP) is 4.68. The molecule has 2 rings (SSSR count). The number of hydrogen-bond acceptors (Lipinski definition) is 3. The second-order valence-electron chi connectivity index (χ2n) is 6.24. The maximum atomic E-state index is 13.1. The van der Waals surface area contributed by atoms with E-state index in [4.69, 9.17) is 4.74 Å². The lowest BCUT2D eigenvalue weighted by Crippen LogP contribution is -2.31. The van der Waals surface area contributed by atoms with E-state index in [1.165, 1.54) is 0 Å². The van der Waals surface area contributed by atoms with Crippen molar-refractivity contribution in [2.24, 2.45) is 0 Å². The highest BCUT2D eigenvalue weighted by Crippen LogP contribution is 2.37. The van der Waals surface area contributed by atoms with Crippen LogP contribution < -0.4 is 9.64 Å². The second kappa shape index (κ2) is 6.75. The van der Waals surface area contributed by atoms with Gasteiger partial charge >= 0.3 is 0 Å². The molecule has 2 aromatic carbocycles. The third kappa shape index (κ3) is 3.58. The number of rotatable bonds is 5. The smallest absolute Gasteiger partial charge is 0.172 e. The molecule has 23 heavy (non-hydrogen) atoms. The molecule has 0 N–H and O–H groups in total. The van der Waals surface area contributed by atoms with E-state index in [2.05, 4.69) is 15.9 Å². The highest BCUT2D eigenvalue weighted by atomic mass is 79.9. The van der Waals surface area contributed by atoms with Crippen molar-refractivity contribution in [2.45, 2.75) is 19.3 Å². The Labute approximate surface area is 146 Å². The fraction of sp³-hybridized carbons (Fsp3) is 0.316. The number of benzene rings is 2. The molecule has 0 aliphatic heterocycles. The van der Waals surface area contributed by atoms with E-state index in [0.29, 0.717) is 5.56 Å². The third-order valence-electron chi connectivity index (χ3n) is 4.03. The van der Waals surface area contributed by atoms with Crippen molar-refractivity contribution in [3.05, 3.63) is 58.1 Å². The zero-order chi connectivity index (χ0) is 17.2. The number of nitrogens with zero attached hydrogens (tertiary/aromatic N) is 1. The maximum Gasteiger partial charge on any atom is 0.172 e. The predicted molar refractivity (Wildman–Crippen MR) is 98.8 cm³/mol. The summed E-state index contributed by atoms with van der Waals surface area (Å²) in [5.41, 5.74) is 2.00. The van der Waals surface area contributed by atoms with Crippen LogP contribution in [0.4, 0.5) is 5.69 Å². The molecular weight excluding hydrogens is 354 g/mol. The van der Waals surface area contributed by atoms with E-state index < -0.39 is 5.41 Å². The molecule has 0 radical (unpaired) electrons. The van der Waals surface area contributed by atoms with Crippen molar-refractivity contribution in [1.82, 2.24) is 0 Å². The Bertz CT molecular complexity index is 706. The zero-order valence-corrected chi connectivity index (χ0v) is 15.8. The van der Waals surface area contributed by atoms with Crippen LogP contribution in [0.2, 0.25) is 0 Å². The molecule has 0 heterocycles. The van der Waals surface area contributed by atoms with E-state index in [-0.39, 0.29) is 5.78 Å². The summed E-state index contributed by atoms with van der Waals surface area (Å²) in [7, 11) is 5.59. The number of hydrogen-bond donors (Lipinski definition) is 0. The summed E-state index contributed by atoms with van der Waals surface area (Å²) >= 11 is 3.40. The summed E-state index contributed by atoms with van der Waals surface area (Å²) in [4.78, 5) is 15.1. The van der Waals surface area contributed by atoms with Gasteiger partial charge in [-0.1, -0.05) is 28.1 Å². The van der Waals surface area contributed by atoms with Gasteiger partial charge in [0.1, 0.15) is 5.75 Å². The van der Waals surface area contributed by atoms with E-state index >= 15 is 0 Å². The van der Waals surface area contributed by atoms with E-state index in [9.17, 15) is 4.79 Å². The van der Waals surface area contributed by atoms with Crippen molar-refractivity contribution in [3.8, 4) is 5.75 Å². The Morgan fingerprint density at radius 2 is 1.70 bits per heavy atom. The van der Waals surface area contributed by atoms with E-state index in [1.54, 1.807) is 7.11 Å². The van der Waals surface area contributed by atoms with E-state index in [1.807, 2.05) is 75.3 Å². The zero-order valence-electron chi connectivity index (χ0n) is 14.2. The van der Waals surface area contributed by atoms with Gasteiger partial charge in [0.15, 0.2) is 5.78 Å². The highest BCUT2D eigenvalue weighted by Gasteiger charge is 2.33. The second-order valence-corrected chi connectivity index (χ2v) is 7.15. The number of methoxy groups -OCH3 is 1. The van der Waals surface area contributed by atoms with Crippen molar-refractivity contribution >= 4 is 27.4 Å². The first kappa shape index (κ1) is 17.5. The first-order valence-electron chi connectivity index (χ1n) is 7.43. The van der Waals surface area contributed by atoms with Gasteiger partial charge in [-0.15, -0.1) is 0 Å². The fourth-order valence-corrected chi connectivity index (χ4v) is 2.88. The molecule has 0 aliphatic carbocycles. The van der Waals surface area contributed by atoms with Crippen molar-refractivity contribution in [2.75, 3.05) is 26.1 Å². The molecule has 2 aromatic rings. The van der Waals surface area contributed by atoms with Crippen LogP contribution in [0.15, 0.2) is 46.9 Å². The minimum Gasteiger partial charge on any atom is -0.497 e. The van der Waals surface area contributed by atoms with Gasteiger partial charge in [0.05, 0.1) is 12.5 Å². The lowest BCUT2D eigenvalue weighted by Gasteiger charge is -2.29. The van der Waals surface area contributed by atoms with Crippen LogP contribution in [-0.4, -0.2) is 27.0 Å². The molecule has 0 aromatic heterocycles. The highest BCUT2D eigenvalue weighted by molar-refractivity contribution is 9.10. The van der Waals surface area contributed by atoms with Gasteiger partial charge < -0.3 is 9.64 Å². The summed E-state index contributed by atoms with van der Waals surface area (Å²) in [6.07, 6.45) is 0. The lowest BCUT2D eigenvalue weighted by molar-refractivity contribution is 0.0909. The van der Waals surface area contributed by atoms with Crippen LogP contribution in [-0.2, 0) is 5.41 Å². The Balaban J connectivity index is 2.53. The number of ether oxygens (including phenoxy) is 1. The minimum atomic E-state index is -0.665. The Morgan fingerprint density at radius 1 is 1.09 bits per heavy atom. The molecule has 3 nitrogen and oxygen atoms in total. The summed E-state index contributed by atoms with van der Waals surface area (Å²) in [5, 5.41) is 0. The van der Waals surface area contributed by atoms with Gasteiger partial charge in [0.25, 0.3) is 0 Å². The van der Waals surface area contributed by atoms with Crippen LogP contribution in [0.25, 0.3) is 0 Å². The van der Waals surface area contributed by atoms with Crippen LogP contribution in [0.3, 0.4) is 0 Å². The molecule has 0 saturated carbocycles. The number of Topliss-reactive ketones (excluding diaryl/α,β-unsaturated/α-hetero) is 1. The summed E-state index contributed by atoms with van der Waals surface area (Å²) < 4.78 is 6.31. The number of halogens is 1. The SMILES string of the molecule is COc1ccc(N(C)C)c(C(C)(C)C(=O)c2ccc(Br)cc2)c1. The average molecular weight is 376 g/mol. The third-order valence-corrected chi connectivity index (χ3v) is 4.56. The summed E-state index contributed by atoms with van der Waals surface area (Å²) in [5.74, 6) is 0.837. The molecule has 0 unspecified atom stereocenters. The molecule has 0 aliphatic rings. The average Bonchev–Trinajstić information content (AvgIpc) is 2.54. The molecule has 4 heteroatoms. The Kier molecular flexibility index (Phi) is 5.15. The topological polar surface area (TPSA) is 29.5 Å². The maximum absolute atomic E-state index is 13.1. The molecule has 0 fully saturated rings. The van der Waals surface area contributed by atoms with Crippen LogP contribution >= 0.6 is 15.9 Å². The molecule has 0 atom stereocenters. The van der Waals surface area contributed by atoms with Crippen molar-refractivity contribution in [3.63, 3.8) is 0 Å². The van der Waals surface area contributed by atoms with Gasteiger partial charge in [-0.25, -0.2) is 0 Å². The first-order chi connectivity index (χ1) is 10.8. The van der Waals surface area contributed by atoms with Crippen molar-refractivity contribution in [1.29, 1.82) is 0 Å². The summed E-state index contributed by atoms with van der Waals surface area (Å²) in [6.45, 7) is 3.91. The standard InChI is InChI=1S/C19H22BrNO2/c1-19(2,18(22)13-6-8-14(20)9-7-13)16-12-15(23-5)10-11-17(16)21(3)4/h6-12H,1-5H3. The van der Waals surface area contributed by atoms with Crippen LogP contribution in [0, 0.1) is 0 Å². The molecule has 0 spiro atoms. The van der Waals surface area contributed by atoms with Gasteiger partial charge in [-0.2, -0.15) is 0 Å². The molecule has 0 bridgehead atoms.